The van der Waals surface area contributed by atoms with E-state index < -0.39 is 11.6 Å². The molecule has 2 heterocycles. The summed E-state index contributed by atoms with van der Waals surface area (Å²) >= 11 is 6.15. The van der Waals surface area contributed by atoms with E-state index in [0.29, 0.717) is 18.0 Å². The van der Waals surface area contributed by atoms with Gasteiger partial charge in [-0.3, -0.25) is 10.00 Å². The van der Waals surface area contributed by atoms with Gasteiger partial charge in [-0.1, -0.05) is 48.0 Å². The van der Waals surface area contributed by atoms with Crippen molar-refractivity contribution >= 4 is 17.7 Å². The minimum atomic E-state index is -0.916. The van der Waals surface area contributed by atoms with Crippen molar-refractivity contribution in [2.45, 2.75) is 37.6 Å². The van der Waals surface area contributed by atoms with Crippen molar-refractivity contribution in [1.29, 1.82) is 0 Å². The van der Waals surface area contributed by atoms with Crippen LogP contribution in [0.5, 0.6) is 0 Å². The molecule has 3 aromatic rings. The second-order valence-electron chi connectivity index (χ2n) is 7.84. The van der Waals surface area contributed by atoms with Crippen LogP contribution in [0.15, 0.2) is 48.5 Å². The molecule has 1 fully saturated rings. The molecular weight excluding hydrogens is 386 g/mol. The predicted octanol–water partition coefficient (Wildman–Crippen LogP) is 5.24. The maximum atomic E-state index is 12.4. The number of amides is 1. The van der Waals surface area contributed by atoms with E-state index in [1.165, 1.54) is 5.56 Å². The predicted molar refractivity (Wildman–Crippen MR) is 112 cm³/mol. The molecule has 6 heteroatoms. The van der Waals surface area contributed by atoms with Crippen LogP contribution < -0.4 is 0 Å². The average Bonchev–Trinajstić information content (AvgIpc) is 3.19. The van der Waals surface area contributed by atoms with E-state index in [1.54, 1.807) is 4.90 Å². The fourth-order valence-electron chi connectivity index (χ4n) is 5.03. The molecule has 2 aliphatic rings. The lowest BCUT2D eigenvalue weighted by molar-refractivity contribution is 0.0659. The number of aromatic nitrogens is 2. The van der Waals surface area contributed by atoms with Gasteiger partial charge in [0.15, 0.2) is 0 Å². The van der Waals surface area contributed by atoms with Gasteiger partial charge in [-0.25, -0.2) is 4.79 Å². The third kappa shape index (κ3) is 2.76. The Bertz CT molecular complexity index is 1080. The van der Waals surface area contributed by atoms with Gasteiger partial charge in [-0.05, 0) is 60.9 Å². The van der Waals surface area contributed by atoms with Crippen LogP contribution in [0.1, 0.15) is 41.8 Å². The van der Waals surface area contributed by atoms with Gasteiger partial charge in [0, 0.05) is 22.8 Å². The normalized spacial score (nSPS) is 20.8. The van der Waals surface area contributed by atoms with Crippen molar-refractivity contribution in [3.05, 3.63) is 76.1 Å². The Hall–Kier alpha value is -2.79. The Kier molecular flexibility index (Phi) is 4.36. The van der Waals surface area contributed by atoms with Crippen molar-refractivity contribution in [2.24, 2.45) is 0 Å². The molecule has 148 valence electrons. The molecule has 5 nitrogen and oxygen atoms in total. The molecule has 0 saturated carbocycles. The van der Waals surface area contributed by atoms with Crippen molar-refractivity contribution < 1.29 is 9.90 Å². The van der Waals surface area contributed by atoms with E-state index in [1.807, 2.05) is 30.3 Å². The number of halogens is 1. The molecule has 0 radical (unpaired) electrons. The number of H-pyrrole nitrogens is 1. The molecule has 1 aliphatic carbocycles. The van der Waals surface area contributed by atoms with Crippen molar-refractivity contribution in [3.63, 3.8) is 0 Å². The number of hydrogen-bond acceptors (Lipinski definition) is 2. The first kappa shape index (κ1) is 18.3. The number of fused-ring (bicyclic) bond motifs is 3. The zero-order valence-corrected chi connectivity index (χ0v) is 16.7. The maximum absolute atomic E-state index is 12.4. The Labute approximate surface area is 174 Å². The number of hydrogen-bond donors (Lipinski definition) is 2. The summed E-state index contributed by atoms with van der Waals surface area (Å²) in [5, 5.41) is 18.8. The van der Waals surface area contributed by atoms with Crippen LogP contribution in [-0.4, -0.2) is 32.8 Å². The molecule has 1 unspecified atom stereocenters. The maximum Gasteiger partial charge on any atom is 0.408 e. The summed E-state index contributed by atoms with van der Waals surface area (Å²) in [6, 6.07) is 15.9. The van der Waals surface area contributed by atoms with Crippen LogP contribution in [0.25, 0.3) is 11.1 Å². The van der Waals surface area contributed by atoms with Crippen molar-refractivity contribution in [3.8, 4) is 11.1 Å². The molecular formula is C23H22ClN3O2. The molecule has 1 atom stereocenters. The number of benzene rings is 2. The molecule has 2 aromatic carbocycles. The quantitative estimate of drug-likeness (QED) is 0.610. The third-order valence-corrected chi connectivity index (χ3v) is 6.60. The summed E-state index contributed by atoms with van der Waals surface area (Å²) in [7, 11) is 0. The number of nitrogens with one attached hydrogen (secondary N) is 1. The zero-order chi connectivity index (χ0) is 20.0. The van der Waals surface area contributed by atoms with Crippen LogP contribution in [-0.2, 0) is 18.4 Å². The Morgan fingerprint density at radius 1 is 1.10 bits per heavy atom. The summed E-state index contributed by atoms with van der Waals surface area (Å²) in [5.41, 5.74) is 5.49. The van der Waals surface area contributed by atoms with Gasteiger partial charge in [-0.15, -0.1) is 0 Å². The van der Waals surface area contributed by atoms with Crippen LogP contribution in [0.4, 0.5) is 4.79 Å². The van der Waals surface area contributed by atoms with E-state index in [-0.39, 0.29) is 0 Å². The van der Waals surface area contributed by atoms with Gasteiger partial charge in [0.05, 0.1) is 0 Å². The van der Waals surface area contributed by atoms with Gasteiger partial charge in [0.2, 0.25) is 0 Å². The second-order valence-corrected chi connectivity index (χ2v) is 8.28. The van der Waals surface area contributed by atoms with Crippen molar-refractivity contribution in [1.82, 2.24) is 15.1 Å². The largest absolute Gasteiger partial charge is 0.465 e. The van der Waals surface area contributed by atoms with E-state index in [2.05, 4.69) is 23.3 Å². The molecule has 0 bridgehead atoms. The van der Waals surface area contributed by atoms with Crippen molar-refractivity contribution in [2.75, 3.05) is 6.54 Å². The van der Waals surface area contributed by atoms with Gasteiger partial charge in [0.1, 0.15) is 11.2 Å². The SMILES string of the molecule is O=C(O)N1CCCCC1(c1ccc(Cl)cc1)c1n[nH]c2c1-c1ccccc1CC2. The monoisotopic (exact) mass is 407 g/mol. The van der Waals surface area contributed by atoms with E-state index in [9.17, 15) is 9.90 Å². The molecule has 0 spiro atoms. The van der Waals surface area contributed by atoms with Gasteiger partial charge >= 0.3 is 6.09 Å². The number of aromatic amines is 1. The zero-order valence-electron chi connectivity index (χ0n) is 16.0. The number of rotatable bonds is 2. The highest BCUT2D eigenvalue weighted by Gasteiger charge is 2.48. The van der Waals surface area contributed by atoms with E-state index in [4.69, 9.17) is 16.7 Å². The highest BCUT2D eigenvalue weighted by molar-refractivity contribution is 6.30. The summed E-state index contributed by atoms with van der Waals surface area (Å²) in [6.45, 7) is 0.487. The summed E-state index contributed by atoms with van der Waals surface area (Å²) in [5.74, 6) is 0. The summed E-state index contributed by atoms with van der Waals surface area (Å²) < 4.78 is 0. The first-order valence-electron chi connectivity index (χ1n) is 10.0. The Morgan fingerprint density at radius 3 is 2.69 bits per heavy atom. The molecule has 1 saturated heterocycles. The standard InChI is InChI=1S/C23H22ClN3O2/c24-17-10-8-16(9-11-17)23(13-3-4-14-27(23)22(28)29)21-20-18-6-2-1-5-15(18)7-12-19(20)25-26-21/h1-2,5-6,8-11H,3-4,7,12-14H2,(H,25,26)(H,28,29). The molecule has 1 amide bonds. The molecule has 1 aliphatic heterocycles. The number of likely N-dealkylation sites (tertiary alicyclic amines) is 1. The van der Waals surface area contributed by atoms with E-state index >= 15 is 0 Å². The number of piperidine rings is 1. The number of aryl methyl sites for hydroxylation is 2. The summed E-state index contributed by atoms with van der Waals surface area (Å²) in [6.07, 6.45) is 3.41. The lowest BCUT2D eigenvalue weighted by atomic mass is 9.74. The highest BCUT2D eigenvalue weighted by Crippen LogP contribution is 2.48. The molecule has 5 rings (SSSR count). The average molecular weight is 408 g/mol. The molecule has 2 N–H and O–H groups in total. The smallest absolute Gasteiger partial charge is 0.408 e. The minimum Gasteiger partial charge on any atom is -0.465 e. The first-order chi connectivity index (χ1) is 14.1. The van der Waals surface area contributed by atoms with Crippen LogP contribution in [0.3, 0.4) is 0 Å². The highest BCUT2D eigenvalue weighted by atomic mass is 35.5. The van der Waals surface area contributed by atoms with Gasteiger partial charge in [0.25, 0.3) is 0 Å². The van der Waals surface area contributed by atoms with E-state index in [0.717, 1.165) is 53.8 Å². The fourth-order valence-corrected chi connectivity index (χ4v) is 5.16. The topological polar surface area (TPSA) is 69.2 Å². The van der Waals surface area contributed by atoms with Gasteiger partial charge < -0.3 is 5.11 Å². The number of carboxylic acid groups (broad SMARTS) is 1. The second kappa shape index (κ2) is 6.92. The first-order valence-corrected chi connectivity index (χ1v) is 10.4. The van der Waals surface area contributed by atoms with Crippen LogP contribution in [0.2, 0.25) is 5.02 Å². The Morgan fingerprint density at radius 2 is 1.90 bits per heavy atom. The summed E-state index contributed by atoms with van der Waals surface area (Å²) in [4.78, 5) is 14.0. The minimum absolute atomic E-state index is 0.487. The third-order valence-electron chi connectivity index (χ3n) is 6.35. The fraction of sp³-hybridized carbons (Fsp3) is 0.304. The number of nitrogens with zero attached hydrogens (tertiary/aromatic N) is 2. The van der Waals surface area contributed by atoms with Crippen LogP contribution in [0, 0.1) is 0 Å². The lowest BCUT2D eigenvalue weighted by Gasteiger charge is -2.45. The molecule has 29 heavy (non-hydrogen) atoms. The number of carbonyl (C=O) groups is 1. The Balaban J connectivity index is 1.79. The lowest BCUT2D eigenvalue weighted by Crippen LogP contribution is -2.53. The molecule has 1 aromatic heterocycles. The van der Waals surface area contributed by atoms with Gasteiger partial charge in [-0.2, -0.15) is 5.10 Å². The van der Waals surface area contributed by atoms with Crippen LogP contribution >= 0.6 is 11.6 Å².